The Balaban J connectivity index is 2.07. The number of benzene rings is 1. The SMILES string of the molecule is CC(C)(C)n1c(CBr)nnc1C1Cc2ccccc21. The van der Waals surface area contributed by atoms with Crippen molar-refractivity contribution in [2.45, 2.75) is 44.0 Å². The lowest BCUT2D eigenvalue weighted by Gasteiger charge is -2.33. The molecule has 0 radical (unpaired) electrons. The maximum Gasteiger partial charge on any atom is 0.144 e. The predicted octanol–water partition coefficient (Wildman–Crippen LogP) is 3.62. The first kappa shape index (κ1) is 12.9. The van der Waals surface area contributed by atoms with E-state index in [4.69, 9.17) is 0 Å². The molecule has 0 saturated carbocycles. The van der Waals surface area contributed by atoms with Gasteiger partial charge in [0.05, 0.1) is 5.33 Å². The lowest BCUT2D eigenvalue weighted by molar-refractivity contribution is 0.364. The van der Waals surface area contributed by atoms with E-state index in [-0.39, 0.29) is 5.54 Å². The van der Waals surface area contributed by atoms with E-state index in [1.807, 2.05) is 0 Å². The number of aromatic nitrogens is 3. The number of rotatable bonds is 2. The molecule has 19 heavy (non-hydrogen) atoms. The Morgan fingerprint density at radius 1 is 1.26 bits per heavy atom. The molecule has 0 aliphatic heterocycles. The van der Waals surface area contributed by atoms with Gasteiger partial charge in [0.15, 0.2) is 0 Å². The molecule has 0 bridgehead atoms. The third-order valence-electron chi connectivity index (χ3n) is 3.71. The summed E-state index contributed by atoms with van der Waals surface area (Å²) in [4.78, 5) is 0. The number of alkyl halides is 1. The summed E-state index contributed by atoms with van der Waals surface area (Å²) in [7, 11) is 0. The summed E-state index contributed by atoms with van der Waals surface area (Å²) in [6.45, 7) is 6.61. The average Bonchev–Trinajstić information content (AvgIpc) is 2.74. The van der Waals surface area contributed by atoms with Gasteiger partial charge in [-0.3, -0.25) is 0 Å². The Hall–Kier alpha value is -1.16. The highest BCUT2D eigenvalue weighted by Gasteiger charge is 2.34. The van der Waals surface area contributed by atoms with Crippen LogP contribution in [0.3, 0.4) is 0 Å². The molecular weight excluding hydrogens is 302 g/mol. The second-order valence-electron chi connectivity index (χ2n) is 6.07. The van der Waals surface area contributed by atoms with Gasteiger partial charge >= 0.3 is 0 Å². The topological polar surface area (TPSA) is 30.7 Å². The van der Waals surface area contributed by atoms with Gasteiger partial charge in [0.1, 0.15) is 11.6 Å². The first-order valence-electron chi connectivity index (χ1n) is 6.61. The zero-order valence-electron chi connectivity index (χ0n) is 11.5. The normalized spacial score (nSPS) is 18.0. The summed E-state index contributed by atoms with van der Waals surface area (Å²) in [6, 6.07) is 8.62. The van der Waals surface area contributed by atoms with Gasteiger partial charge in [-0.15, -0.1) is 10.2 Å². The third kappa shape index (κ3) is 2.02. The minimum atomic E-state index is 0.00642. The van der Waals surface area contributed by atoms with E-state index < -0.39 is 0 Å². The van der Waals surface area contributed by atoms with E-state index in [9.17, 15) is 0 Å². The summed E-state index contributed by atoms with van der Waals surface area (Å²) in [5, 5.41) is 9.54. The third-order valence-corrected chi connectivity index (χ3v) is 4.21. The van der Waals surface area contributed by atoms with E-state index in [2.05, 4.69) is 75.7 Å². The smallest absolute Gasteiger partial charge is 0.144 e. The lowest BCUT2D eigenvalue weighted by atomic mass is 9.77. The molecule has 3 nitrogen and oxygen atoms in total. The van der Waals surface area contributed by atoms with Gasteiger partial charge in [-0.2, -0.15) is 0 Å². The summed E-state index contributed by atoms with van der Waals surface area (Å²) < 4.78 is 2.28. The molecule has 4 heteroatoms. The van der Waals surface area contributed by atoms with Crippen LogP contribution in [0.4, 0.5) is 0 Å². The Morgan fingerprint density at radius 3 is 2.63 bits per heavy atom. The standard InChI is InChI=1S/C15H18BrN3/c1-15(2,3)19-13(9-16)17-18-14(19)12-8-10-6-4-5-7-11(10)12/h4-7,12H,8-9H2,1-3H3. The van der Waals surface area contributed by atoms with E-state index in [0.29, 0.717) is 5.92 Å². The van der Waals surface area contributed by atoms with E-state index in [1.165, 1.54) is 11.1 Å². The number of fused-ring (bicyclic) bond motifs is 1. The fraction of sp³-hybridized carbons (Fsp3) is 0.467. The first-order valence-corrected chi connectivity index (χ1v) is 7.73. The molecule has 0 saturated heterocycles. The average molecular weight is 320 g/mol. The van der Waals surface area contributed by atoms with Gasteiger partial charge in [0.25, 0.3) is 0 Å². The van der Waals surface area contributed by atoms with Crippen LogP contribution in [0.15, 0.2) is 24.3 Å². The molecule has 1 aliphatic rings. The molecule has 0 amide bonds. The Kier molecular flexibility index (Phi) is 3.01. The van der Waals surface area contributed by atoms with E-state index in [1.54, 1.807) is 0 Å². The predicted molar refractivity (Wildman–Crippen MR) is 79.6 cm³/mol. The van der Waals surface area contributed by atoms with Crippen molar-refractivity contribution < 1.29 is 0 Å². The molecule has 0 fully saturated rings. The number of hydrogen-bond donors (Lipinski definition) is 0. The number of hydrogen-bond acceptors (Lipinski definition) is 2. The van der Waals surface area contributed by atoms with Crippen LogP contribution in [0.1, 0.15) is 49.5 Å². The van der Waals surface area contributed by atoms with Gasteiger partial charge in [0.2, 0.25) is 0 Å². The molecule has 1 aromatic carbocycles. The minimum absolute atomic E-state index is 0.00642. The molecule has 1 atom stereocenters. The molecule has 2 aromatic rings. The van der Waals surface area contributed by atoms with Crippen molar-refractivity contribution in [3.8, 4) is 0 Å². The fourth-order valence-corrected chi connectivity index (χ4v) is 3.23. The molecular formula is C15H18BrN3. The van der Waals surface area contributed by atoms with E-state index >= 15 is 0 Å². The molecule has 100 valence electrons. The number of nitrogens with zero attached hydrogens (tertiary/aromatic N) is 3. The van der Waals surface area contributed by atoms with Crippen molar-refractivity contribution in [2.75, 3.05) is 0 Å². The van der Waals surface area contributed by atoms with Crippen LogP contribution in [0.25, 0.3) is 0 Å². The van der Waals surface area contributed by atoms with Crippen LogP contribution >= 0.6 is 15.9 Å². The summed E-state index contributed by atoms with van der Waals surface area (Å²) in [5.74, 6) is 2.50. The Labute approximate surface area is 122 Å². The van der Waals surface area contributed by atoms with Crippen molar-refractivity contribution in [1.82, 2.24) is 14.8 Å². The highest BCUT2D eigenvalue weighted by Crippen LogP contribution is 2.40. The molecule has 3 rings (SSSR count). The van der Waals surface area contributed by atoms with Gasteiger partial charge < -0.3 is 4.57 Å². The maximum atomic E-state index is 4.46. The van der Waals surface area contributed by atoms with Crippen LogP contribution in [0, 0.1) is 0 Å². The molecule has 1 aromatic heterocycles. The highest BCUT2D eigenvalue weighted by molar-refractivity contribution is 9.08. The number of halogens is 1. The second-order valence-corrected chi connectivity index (χ2v) is 6.63. The largest absolute Gasteiger partial charge is 0.308 e. The molecule has 1 heterocycles. The maximum absolute atomic E-state index is 4.46. The first-order chi connectivity index (χ1) is 9.02. The minimum Gasteiger partial charge on any atom is -0.308 e. The Morgan fingerprint density at radius 2 is 2.00 bits per heavy atom. The summed E-state index contributed by atoms with van der Waals surface area (Å²) >= 11 is 3.51. The van der Waals surface area contributed by atoms with Gasteiger partial charge in [0, 0.05) is 11.5 Å². The molecule has 0 spiro atoms. The summed E-state index contributed by atoms with van der Waals surface area (Å²) in [5.41, 5.74) is 2.85. The fourth-order valence-electron chi connectivity index (χ4n) is 2.86. The van der Waals surface area contributed by atoms with Crippen molar-refractivity contribution in [1.29, 1.82) is 0 Å². The van der Waals surface area contributed by atoms with Crippen molar-refractivity contribution in [3.63, 3.8) is 0 Å². The van der Waals surface area contributed by atoms with Crippen LogP contribution in [-0.4, -0.2) is 14.8 Å². The monoisotopic (exact) mass is 319 g/mol. The van der Waals surface area contributed by atoms with Gasteiger partial charge in [-0.1, -0.05) is 40.2 Å². The molecule has 1 unspecified atom stereocenters. The van der Waals surface area contributed by atoms with Gasteiger partial charge in [-0.25, -0.2) is 0 Å². The van der Waals surface area contributed by atoms with Gasteiger partial charge in [-0.05, 0) is 38.3 Å². The van der Waals surface area contributed by atoms with Crippen LogP contribution in [-0.2, 0) is 17.3 Å². The molecule has 0 N–H and O–H groups in total. The zero-order chi connectivity index (χ0) is 13.6. The zero-order valence-corrected chi connectivity index (χ0v) is 13.1. The second kappa shape index (κ2) is 4.44. The lowest BCUT2D eigenvalue weighted by Crippen LogP contribution is -2.30. The van der Waals surface area contributed by atoms with Crippen LogP contribution in [0.5, 0.6) is 0 Å². The Bertz CT molecular complexity index is 610. The van der Waals surface area contributed by atoms with Crippen LogP contribution < -0.4 is 0 Å². The van der Waals surface area contributed by atoms with Crippen molar-refractivity contribution in [2.24, 2.45) is 0 Å². The van der Waals surface area contributed by atoms with Crippen molar-refractivity contribution in [3.05, 3.63) is 47.0 Å². The van der Waals surface area contributed by atoms with Crippen molar-refractivity contribution >= 4 is 15.9 Å². The highest BCUT2D eigenvalue weighted by atomic mass is 79.9. The van der Waals surface area contributed by atoms with E-state index in [0.717, 1.165) is 23.4 Å². The van der Waals surface area contributed by atoms with Crippen LogP contribution in [0.2, 0.25) is 0 Å². The quantitative estimate of drug-likeness (QED) is 0.791. The molecule has 1 aliphatic carbocycles. The summed E-state index contributed by atoms with van der Waals surface area (Å²) in [6.07, 6.45) is 1.08.